The maximum Gasteiger partial charge on any atom is 0.228 e. The molecule has 0 spiro atoms. The second kappa shape index (κ2) is 3.83. The Bertz CT molecular complexity index is 636. The van der Waals surface area contributed by atoms with E-state index in [-0.39, 0.29) is 16.7 Å². The van der Waals surface area contributed by atoms with Gasteiger partial charge < -0.3 is 10.1 Å². The van der Waals surface area contributed by atoms with Crippen molar-refractivity contribution < 1.29 is 9.53 Å². The molecule has 20 heavy (non-hydrogen) atoms. The molecule has 4 rings (SSSR count). The third kappa shape index (κ3) is 1.31. The Hall–Kier alpha value is -1.86. The summed E-state index contributed by atoms with van der Waals surface area (Å²) in [6, 6.07) is 8.71. The molecule has 0 atom stereocenters. The van der Waals surface area contributed by atoms with E-state index in [0.29, 0.717) is 19.6 Å². The van der Waals surface area contributed by atoms with E-state index < -0.39 is 0 Å². The average Bonchev–Trinajstić information content (AvgIpc) is 2.70. The second-order valence-electron chi connectivity index (χ2n) is 6.22. The summed E-state index contributed by atoms with van der Waals surface area (Å²) in [4.78, 5) is 11.5. The normalized spacial score (nSPS) is 24.9. The predicted molar refractivity (Wildman–Crippen MR) is 73.2 cm³/mol. The van der Waals surface area contributed by atoms with Crippen LogP contribution in [0.15, 0.2) is 18.2 Å². The highest BCUT2D eigenvalue weighted by Gasteiger charge is 2.60. The Morgan fingerprint density at radius 1 is 1.30 bits per heavy atom. The van der Waals surface area contributed by atoms with E-state index >= 15 is 0 Å². The highest BCUT2D eigenvalue weighted by molar-refractivity contribution is 5.99. The van der Waals surface area contributed by atoms with Gasteiger partial charge in [-0.15, -0.1) is 0 Å². The topological polar surface area (TPSA) is 62.1 Å². The minimum atomic E-state index is -0.268. The van der Waals surface area contributed by atoms with Crippen LogP contribution in [0.3, 0.4) is 0 Å². The summed E-state index contributed by atoms with van der Waals surface area (Å²) >= 11 is 0. The number of anilines is 1. The van der Waals surface area contributed by atoms with Crippen LogP contribution < -0.4 is 5.32 Å². The van der Waals surface area contributed by atoms with Gasteiger partial charge in [0.15, 0.2) is 0 Å². The SMILES string of the molecule is N#CC1(C2(c3ccc4c(c3)CC(=O)N4)COC2)CCC1. The maximum atomic E-state index is 11.5. The van der Waals surface area contributed by atoms with Crippen LogP contribution in [0.1, 0.15) is 30.4 Å². The van der Waals surface area contributed by atoms with Gasteiger partial charge >= 0.3 is 0 Å². The highest BCUT2D eigenvalue weighted by atomic mass is 16.5. The number of nitrogens with one attached hydrogen (secondary N) is 1. The van der Waals surface area contributed by atoms with Gasteiger partial charge in [-0.05, 0) is 30.0 Å². The molecule has 2 fully saturated rings. The molecule has 2 heterocycles. The molecule has 2 aliphatic heterocycles. The van der Waals surface area contributed by atoms with Crippen LogP contribution in [-0.4, -0.2) is 19.1 Å². The smallest absolute Gasteiger partial charge is 0.228 e. The van der Waals surface area contributed by atoms with Crippen molar-refractivity contribution in [1.82, 2.24) is 0 Å². The molecule has 102 valence electrons. The lowest BCUT2D eigenvalue weighted by molar-refractivity contribution is -0.134. The van der Waals surface area contributed by atoms with Crippen molar-refractivity contribution in [2.75, 3.05) is 18.5 Å². The zero-order valence-corrected chi connectivity index (χ0v) is 11.2. The maximum absolute atomic E-state index is 11.5. The second-order valence-corrected chi connectivity index (χ2v) is 6.22. The van der Waals surface area contributed by atoms with Crippen LogP contribution in [0.25, 0.3) is 0 Å². The molecule has 3 aliphatic rings. The molecule has 1 saturated heterocycles. The van der Waals surface area contributed by atoms with Crippen molar-refractivity contribution in [3.05, 3.63) is 29.3 Å². The lowest BCUT2D eigenvalue weighted by Crippen LogP contribution is -2.61. The molecular weight excluding hydrogens is 252 g/mol. The van der Waals surface area contributed by atoms with Gasteiger partial charge in [-0.3, -0.25) is 4.79 Å². The minimum Gasteiger partial charge on any atom is -0.379 e. The summed E-state index contributed by atoms with van der Waals surface area (Å²) in [6.07, 6.45) is 3.49. The van der Waals surface area contributed by atoms with Gasteiger partial charge in [0.25, 0.3) is 0 Å². The van der Waals surface area contributed by atoms with Gasteiger partial charge in [0.05, 0.1) is 36.5 Å². The van der Waals surface area contributed by atoms with Crippen molar-refractivity contribution in [1.29, 1.82) is 5.26 Å². The van der Waals surface area contributed by atoms with Crippen molar-refractivity contribution in [2.24, 2.45) is 5.41 Å². The number of nitriles is 1. The van der Waals surface area contributed by atoms with Gasteiger partial charge in [0, 0.05) is 5.69 Å². The van der Waals surface area contributed by atoms with Gasteiger partial charge in [-0.1, -0.05) is 18.6 Å². The zero-order chi connectivity index (χ0) is 13.8. The average molecular weight is 268 g/mol. The fraction of sp³-hybridized carbons (Fsp3) is 0.500. The molecule has 1 saturated carbocycles. The number of nitrogens with zero attached hydrogens (tertiary/aromatic N) is 1. The van der Waals surface area contributed by atoms with E-state index in [4.69, 9.17) is 4.74 Å². The Balaban J connectivity index is 1.78. The Morgan fingerprint density at radius 3 is 2.65 bits per heavy atom. The summed E-state index contributed by atoms with van der Waals surface area (Å²) < 4.78 is 5.48. The monoisotopic (exact) mass is 268 g/mol. The van der Waals surface area contributed by atoms with Crippen molar-refractivity contribution in [3.8, 4) is 6.07 Å². The number of carbonyl (C=O) groups excluding carboxylic acids is 1. The fourth-order valence-corrected chi connectivity index (χ4v) is 3.78. The lowest BCUT2D eigenvalue weighted by Gasteiger charge is -2.56. The first-order chi connectivity index (χ1) is 9.69. The molecule has 4 heteroatoms. The van der Waals surface area contributed by atoms with E-state index in [1.54, 1.807) is 0 Å². The van der Waals surface area contributed by atoms with E-state index in [2.05, 4.69) is 23.5 Å². The van der Waals surface area contributed by atoms with E-state index in [1.165, 1.54) is 5.56 Å². The molecule has 0 aromatic heterocycles. The lowest BCUT2D eigenvalue weighted by atomic mass is 9.50. The molecule has 4 nitrogen and oxygen atoms in total. The zero-order valence-electron chi connectivity index (χ0n) is 11.2. The summed E-state index contributed by atoms with van der Waals surface area (Å²) in [7, 11) is 0. The van der Waals surface area contributed by atoms with Crippen LogP contribution in [0, 0.1) is 16.7 Å². The molecule has 1 aromatic carbocycles. The summed E-state index contributed by atoms with van der Waals surface area (Å²) in [5.41, 5.74) is 2.69. The van der Waals surface area contributed by atoms with Crippen LogP contribution in [0.2, 0.25) is 0 Å². The van der Waals surface area contributed by atoms with Crippen LogP contribution in [-0.2, 0) is 21.4 Å². The number of hydrogen-bond donors (Lipinski definition) is 1. The number of carbonyl (C=O) groups is 1. The molecule has 0 bridgehead atoms. The molecule has 1 aromatic rings. The van der Waals surface area contributed by atoms with Gasteiger partial charge in [0.2, 0.25) is 5.91 Å². The molecular formula is C16H16N2O2. The Labute approximate surface area is 117 Å². The number of rotatable bonds is 2. The number of ether oxygens (including phenoxy) is 1. The molecule has 1 aliphatic carbocycles. The minimum absolute atomic E-state index is 0.0506. The van der Waals surface area contributed by atoms with Crippen molar-refractivity contribution in [3.63, 3.8) is 0 Å². The number of hydrogen-bond acceptors (Lipinski definition) is 3. The largest absolute Gasteiger partial charge is 0.379 e. The first-order valence-electron chi connectivity index (χ1n) is 7.11. The fourth-order valence-electron chi connectivity index (χ4n) is 3.78. The summed E-state index contributed by atoms with van der Waals surface area (Å²) in [5.74, 6) is 0.0506. The van der Waals surface area contributed by atoms with Crippen LogP contribution in [0.4, 0.5) is 5.69 Å². The van der Waals surface area contributed by atoms with Crippen LogP contribution >= 0.6 is 0 Å². The highest BCUT2D eigenvalue weighted by Crippen LogP contribution is 2.58. The van der Waals surface area contributed by atoms with Gasteiger partial charge in [-0.25, -0.2) is 0 Å². The summed E-state index contributed by atoms with van der Waals surface area (Å²) in [5, 5.41) is 12.5. The summed E-state index contributed by atoms with van der Waals surface area (Å²) in [6.45, 7) is 1.25. The first-order valence-corrected chi connectivity index (χ1v) is 7.11. The van der Waals surface area contributed by atoms with E-state index in [1.807, 2.05) is 6.07 Å². The number of amides is 1. The Kier molecular flexibility index (Phi) is 2.28. The Morgan fingerprint density at radius 2 is 2.10 bits per heavy atom. The third-order valence-electron chi connectivity index (χ3n) is 5.32. The molecule has 1 N–H and O–H groups in total. The van der Waals surface area contributed by atoms with Crippen molar-refractivity contribution >= 4 is 11.6 Å². The molecule has 0 radical (unpaired) electrons. The van der Waals surface area contributed by atoms with E-state index in [0.717, 1.165) is 30.5 Å². The first kappa shape index (κ1) is 11.9. The number of benzene rings is 1. The number of fused-ring (bicyclic) bond motifs is 1. The predicted octanol–water partition coefficient (Wildman–Crippen LogP) is 2.14. The molecule has 1 amide bonds. The van der Waals surface area contributed by atoms with Gasteiger partial charge in [0.1, 0.15) is 0 Å². The third-order valence-corrected chi connectivity index (χ3v) is 5.32. The van der Waals surface area contributed by atoms with Crippen LogP contribution in [0.5, 0.6) is 0 Å². The van der Waals surface area contributed by atoms with E-state index in [9.17, 15) is 10.1 Å². The van der Waals surface area contributed by atoms with Gasteiger partial charge in [-0.2, -0.15) is 5.26 Å². The van der Waals surface area contributed by atoms with Crippen molar-refractivity contribution in [2.45, 2.75) is 31.1 Å². The molecule has 0 unspecified atom stereocenters. The quantitative estimate of drug-likeness (QED) is 0.894. The standard InChI is InChI=1S/C16H16N2O2/c17-8-15(4-1-5-15)16(9-20-10-16)12-2-3-13-11(6-12)7-14(19)18-13/h2-3,6H,1,4-5,7,9-10H2,(H,18,19).